The van der Waals surface area contributed by atoms with Crippen LogP contribution in [0.4, 0.5) is 0 Å². The highest BCUT2D eigenvalue weighted by molar-refractivity contribution is 5.49. The van der Waals surface area contributed by atoms with Gasteiger partial charge in [0.1, 0.15) is 0 Å². The van der Waals surface area contributed by atoms with Crippen molar-refractivity contribution in [3.8, 4) is 0 Å². The Morgan fingerprint density at radius 2 is 1.95 bits per heavy atom. The molecule has 1 heteroatoms. The number of allylic oxidation sites excluding steroid dienone is 4. The zero-order valence-electron chi connectivity index (χ0n) is 14.6. The molecular formula is C21H32O. The molecule has 0 aromatic carbocycles. The van der Waals surface area contributed by atoms with Crippen LogP contribution in [0.2, 0.25) is 0 Å². The molecule has 0 aromatic rings. The van der Waals surface area contributed by atoms with E-state index >= 15 is 0 Å². The van der Waals surface area contributed by atoms with Gasteiger partial charge in [0.15, 0.2) is 0 Å². The molecule has 5 atom stereocenters. The van der Waals surface area contributed by atoms with Crippen molar-refractivity contribution in [1.82, 2.24) is 0 Å². The first-order chi connectivity index (χ1) is 10.5. The number of aliphatic hydroxyl groups is 1. The van der Waals surface area contributed by atoms with E-state index in [0.29, 0.717) is 10.8 Å². The lowest BCUT2D eigenvalue weighted by atomic mass is 9.52. The van der Waals surface area contributed by atoms with Crippen molar-refractivity contribution in [2.45, 2.75) is 84.7 Å². The number of hydrogen-bond donors (Lipinski definition) is 1. The maximum atomic E-state index is 10.1. The molecule has 22 heavy (non-hydrogen) atoms. The third-order valence-electron chi connectivity index (χ3n) is 8.09. The van der Waals surface area contributed by atoms with Crippen LogP contribution in [0.25, 0.3) is 0 Å². The molecule has 122 valence electrons. The third-order valence-corrected chi connectivity index (χ3v) is 8.09. The summed E-state index contributed by atoms with van der Waals surface area (Å²) in [6, 6.07) is 0. The number of rotatable bonds is 1. The zero-order chi connectivity index (χ0) is 15.5. The van der Waals surface area contributed by atoms with E-state index in [9.17, 15) is 5.11 Å². The second-order valence-electron chi connectivity index (χ2n) is 8.91. The smallest absolute Gasteiger partial charge is 0.0543 e. The van der Waals surface area contributed by atoms with Gasteiger partial charge in [-0.15, -0.1) is 0 Å². The Morgan fingerprint density at radius 3 is 2.73 bits per heavy atom. The standard InChI is InChI=1S/C21H32O/c1-4-14-6-8-18-17-7-5-15-13-16(22)9-11-21(15,3)19(17)10-12-20(14,18)2/h8,14-16,22H,4-7,9-13H2,1-3H3/t14-,15?,16-,20+,21-/m0/s1. The van der Waals surface area contributed by atoms with E-state index in [-0.39, 0.29) is 6.10 Å². The average Bonchev–Trinajstić information content (AvgIpc) is 2.84. The molecule has 0 radical (unpaired) electrons. The van der Waals surface area contributed by atoms with Crippen LogP contribution in [0.15, 0.2) is 22.8 Å². The molecule has 1 N–H and O–H groups in total. The fourth-order valence-electron chi connectivity index (χ4n) is 6.54. The van der Waals surface area contributed by atoms with Crippen LogP contribution in [0.3, 0.4) is 0 Å². The Bertz CT molecular complexity index is 542. The molecule has 4 rings (SSSR count). The topological polar surface area (TPSA) is 20.2 Å². The van der Waals surface area contributed by atoms with Gasteiger partial charge < -0.3 is 5.11 Å². The van der Waals surface area contributed by atoms with E-state index in [4.69, 9.17) is 0 Å². The highest BCUT2D eigenvalue weighted by Gasteiger charge is 2.51. The number of aliphatic hydroxyl groups excluding tert-OH is 1. The van der Waals surface area contributed by atoms with Gasteiger partial charge in [-0.1, -0.05) is 38.8 Å². The van der Waals surface area contributed by atoms with Crippen LogP contribution in [-0.2, 0) is 0 Å². The first-order valence-corrected chi connectivity index (χ1v) is 9.60. The number of hydrogen-bond acceptors (Lipinski definition) is 1. The molecular weight excluding hydrogens is 268 g/mol. The summed E-state index contributed by atoms with van der Waals surface area (Å²) in [5.41, 5.74) is 6.16. The van der Waals surface area contributed by atoms with Gasteiger partial charge in [-0.25, -0.2) is 0 Å². The summed E-state index contributed by atoms with van der Waals surface area (Å²) in [6.45, 7) is 7.44. The Kier molecular flexibility index (Phi) is 3.39. The second-order valence-corrected chi connectivity index (χ2v) is 8.91. The van der Waals surface area contributed by atoms with Gasteiger partial charge in [0.25, 0.3) is 0 Å². The van der Waals surface area contributed by atoms with E-state index in [1.807, 2.05) is 0 Å². The monoisotopic (exact) mass is 300 g/mol. The Labute approximate surface area is 135 Å². The van der Waals surface area contributed by atoms with Crippen LogP contribution in [-0.4, -0.2) is 11.2 Å². The lowest BCUT2D eigenvalue weighted by Crippen LogP contribution is -2.43. The molecule has 0 bridgehead atoms. The maximum Gasteiger partial charge on any atom is 0.0543 e. The lowest BCUT2D eigenvalue weighted by Gasteiger charge is -2.53. The van der Waals surface area contributed by atoms with Gasteiger partial charge >= 0.3 is 0 Å². The molecule has 0 spiro atoms. The van der Waals surface area contributed by atoms with Gasteiger partial charge in [-0.05, 0) is 85.2 Å². The van der Waals surface area contributed by atoms with Crippen molar-refractivity contribution >= 4 is 0 Å². The summed E-state index contributed by atoms with van der Waals surface area (Å²) < 4.78 is 0. The fraction of sp³-hybridized carbons (Fsp3) is 0.810. The SMILES string of the molecule is CC[C@H]1CC=C2C3=C(CC[C@@]21C)[C@@]1(C)CC[C@H](O)CC1CC3. The van der Waals surface area contributed by atoms with Crippen LogP contribution >= 0.6 is 0 Å². The van der Waals surface area contributed by atoms with E-state index in [1.165, 1.54) is 44.9 Å². The van der Waals surface area contributed by atoms with Gasteiger partial charge in [-0.2, -0.15) is 0 Å². The molecule has 1 fully saturated rings. The molecule has 1 saturated carbocycles. The van der Waals surface area contributed by atoms with Crippen LogP contribution in [0, 0.1) is 22.7 Å². The van der Waals surface area contributed by atoms with Crippen molar-refractivity contribution in [1.29, 1.82) is 0 Å². The predicted octanol–water partition coefficient (Wildman–Crippen LogP) is 5.40. The first-order valence-electron chi connectivity index (χ1n) is 9.60. The highest BCUT2D eigenvalue weighted by Crippen LogP contribution is 2.63. The first kappa shape index (κ1) is 15.0. The molecule has 1 unspecified atom stereocenters. The minimum atomic E-state index is -0.0377. The Balaban J connectivity index is 1.74. The molecule has 0 amide bonds. The quantitative estimate of drug-likeness (QED) is 0.687. The fourth-order valence-corrected chi connectivity index (χ4v) is 6.54. The molecule has 0 heterocycles. The lowest BCUT2D eigenvalue weighted by molar-refractivity contribution is 0.0233. The van der Waals surface area contributed by atoms with Gasteiger partial charge in [-0.3, -0.25) is 0 Å². The van der Waals surface area contributed by atoms with Crippen molar-refractivity contribution in [2.24, 2.45) is 22.7 Å². The minimum absolute atomic E-state index is 0.0377. The number of fused-ring (bicyclic) bond motifs is 4. The van der Waals surface area contributed by atoms with E-state index in [2.05, 4.69) is 26.8 Å². The van der Waals surface area contributed by atoms with Gasteiger partial charge in [0.2, 0.25) is 0 Å². The Morgan fingerprint density at radius 1 is 1.14 bits per heavy atom. The minimum Gasteiger partial charge on any atom is -0.393 e. The molecule has 0 saturated heterocycles. The summed E-state index contributed by atoms with van der Waals surface area (Å²) in [6.07, 6.45) is 13.7. The average molecular weight is 300 g/mol. The van der Waals surface area contributed by atoms with Crippen molar-refractivity contribution in [3.05, 3.63) is 22.8 Å². The highest BCUT2D eigenvalue weighted by atomic mass is 16.3. The van der Waals surface area contributed by atoms with Crippen LogP contribution in [0.5, 0.6) is 0 Å². The van der Waals surface area contributed by atoms with Crippen LogP contribution in [0.1, 0.15) is 78.6 Å². The van der Waals surface area contributed by atoms with Crippen LogP contribution < -0.4 is 0 Å². The third kappa shape index (κ3) is 1.87. The van der Waals surface area contributed by atoms with E-state index in [1.54, 1.807) is 16.7 Å². The molecule has 1 nitrogen and oxygen atoms in total. The van der Waals surface area contributed by atoms with E-state index < -0.39 is 0 Å². The van der Waals surface area contributed by atoms with Crippen molar-refractivity contribution in [2.75, 3.05) is 0 Å². The second kappa shape index (κ2) is 4.97. The Hall–Kier alpha value is -0.560. The summed E-state index contributed by atoms with van der Waals surface area (Å²) in [5.74, 6) is 1.60. The molecule has 4 aliphatic carbocycles. The van der Waals surface area contributed by atoms with Crippen molar-refractivity contribution < 1.29 is 5.11 Å². The van der Waals surface area contributed by atoms with Gasteiger partial charge in [0, 0.05) is 0 Å². The predicted molar refractivity (Wildman–Crippen MR) is 91.5 cm³/mol. The summed E-state index contributed by atoms with van der Waals surface area (Å²) in [4.78, 5) is 0. The van der Waals surface area contributed by atoms with E-state index in [0.717, 1.165) is 24.7 Å². The molecule has 0 aliphatic heterocycles. The molecule has 0 aromatic heterocycles. The zero-order valence-corrected chi connectivity index (χ0v) is 14.6. The van der Waals surface area contributed by atoms with Crippen molar-refractivity contribution in [3.63, 3.8) is 0 Å². The summed E-state index contributed by atoms with van der Waals surface area (Å²) >= 11 is 0. The maximum absolute atomic E-state index is 10.1. The normalized spacial score (nSPS) is 47.6. The summed E-state index contributed by atoms with van der Waals surface area (Å²) in [7, 11) is 0. The van der Waals surface area contributed by atoms with Gasteiger partial charge in [0.05, 0.1) is 6.10 Å². The largest absolute Gasteiger partial charge is 0.393 e. The summed E-state index contributed by atoms with van der Waals surface area (Å²) in [5, 5.41) is 10.1. The molecule has 4 aliphatic rings.